The number of hydrogen-bond donors (Lipinski definition) is 1. The largest absolute Gasteiger partial charge is 0.320 e. The predicted molar refractivity (Wildman–Crippen MR) is 77.6 cm³/mol. The molecule has 0 bridgehead atoms. The minimum absolute atomic E-state index is 0.146. The molecule has 0 saturated carbocycles. The van der Waals surface area contributed by atoms with Crippen molar-refractivity contribution in [3.05, 3.63) is 35.6 Å². The molecule has 1 unspecified atom stereocenters. The van der Waals surface area contributed by atoms with E-state index in [-0.39, 0.29) is 5.82 Å². The van der Waals surface area contributed by atoms with Gasteiger partial charge in [-0.05, 0) is 69.4 Å². The fourth-order valence-electron chi connectivity index (χ4n) is 2.95. The van der Waals surface area contributed by atoms with Gasteiger partial charge in [-0.3, -0.25) is 4.90 Å². The average molecular weight is 264 g/mol. The first kappa shape index (κ1) is 14.5. The Labute approximate surface area is 116 Å². The van der Waals surface area contributed by atoms with E-state index >= 15 is 0 Å². The molecular formula is C16H25FN2. The normalized spacial score (nSPS) is 20.6. The van der Waals surface area contributed by atoms with Crippen LogP contribution in [0.5, 0.6) is 0 Å². The SMILES string of the molecule is CNCCCC1CCCN(Cc2ccc(F)cc2)C1. The first-order valence-electron chi connectivity index (χ1n) is 7.39. The fraction of sp³-hybridized carbons (Fsp3) is 0.625. The van der Waals surface area contributed by atoms with Crippen LogP contribution < -0.4 is 5.32 Å². The summed E-state index contributed by atoms with van der Waals surface area (Å²) in [6, 6.07) is 6.92. The number of rotatable bonds is 6. The highest BCUT2D eigenvalue weighted by Crippen LogP contribution is 2.22. The van der Waals surface area contributed by atoms with Crippen molar-refractivity contribution in [2.45, 2.75) is 32.2 Å². The molecule has 1 aliphatic rings. The van der Waals surface area contributed by atoms with Gasteiger partial charge in [0.1, 0.15) is 5.82 Å². The van der Waals surface area contributed by atoms with Crippen molar-refractivity contribution in [2.75, 3.05) is 26.7 Å². The van der Waals surface area contributed by atoms with Gasteiger partial charge in [0.05, 0.1) is 0 Å². The van der Waals surface area contributed by atoms with Gasteiger partial charge in [0, 0.05) is 13.1 Å². The van der Waals surface area contributed by atoms with Crippen molar-refractivity contribution in [2.24, 2.45) is 5.92 Å². The minimum Gasteiger partial charge on any atom is -0.320 e. The molecule has 3 heteroatoms. The Balaban J connectivity index is 1.78. The van der Waals surface area contributed by atoms with Gasteiger partial charge in [-0.2, -0.15) is 0 Å². The van der Waals surface area contributed by atoms with Gasteiger partial charge in [-0.1, -0.05) is 12.1 Å². The molecule has 1 atom stereocenters. The van der Waals surface area contributed by atoms with Gasteiger partial charge in [0.25, 0.3) is 0 Å². The summed E-state index contributed by atoms with van der Waals surface area (Å²) < 4.78 is 12.9. The molecule has 2 rings (SSSR count). The summed E-state index contributed by atoms with van der Waals surface area (Å²) in [6.45, 7) is 4.46. The molecular weight excluding hydrogens is 239 g/mol. The van der Waals surface area contributed by atoms with Gasteiger partial charge >= 0.3 is 0 Å². The zero-order chi connectivity index (χ0) is 13.5. The highest BCUT2D eigenvalue weighted by atomic mass is 19.1. The summed E-state index contributed by atoms with van der Waals surface area (Å²) in [5.74, 6) is 0.690. The molecule has 1 aliphatic heterocycles. The van der Waals surface area contributed by atoms with E-state index in [1.165, 1.54) is 44.3 Å². The second-order valence-electron chi connectivity index (χ2n) is 5.62. The van der Waals surface area contributed by atoms with Gasteiger partial charge in [0.15, 0.2) is 0 Å². The number of likely N-dealkylation sites (tertiary alicyclic amines) is 1. The zero-order valence-electron chi connectivity index (χ0n) is 11.9. The Morgan fingerprint density at radius 2 is 2.11 bits per heavy atom. The van der Waals surface area contributed by atoms with Crippen molar-refractivity contribution in [3.63, 3.8) is 0 Å². The van der Waals surface area contributed by atoms with Gasteiger partial charge < -0.3 is 5.32 Å². The second kappa shape index (κ2) is 7.61. The average Bonchev–Trinajstić information content (AvgIpc) is 2.42. The van der Waals surface area contributed by atoms with Crippen LogP contribution in [0, 0.1) is 11.7 Å². The maximum atomic E-state index is 12.9. The third-order valence-electron chi connectivity index (χ3n) is 3.96. The molecule has 0 radical (unpaired) electrons. The molecule has 1 N–H and O–H groups in total. The Morgan fingerprint density at radius 3 is 2.84 bits per heavy atom. The standard InChI is InChI=1S/C16H25FN2/c1-18-10-2-4-14-5-3-11-19(12-14)13-15-6-8-16(17)9-7-15/h6-9,14,18H,2-5,10-13H2,1H3. The van der Waals surface area contributed by atoms with Crippen molar-refractivity contribution in [1.82, 2.24) is 10.2 Å². The van der Waals surface area contributed by atoms with E-state index < -0.39 is 0 Å². The number of piperidine rings is 1. The lowest BCUT2D eigenvalue weighted by Crippen LogP contribution is -2.35. The smallest absolute Gasteiger partial charge is 0.123 e. The van der Waals surface area contributed by atoms with Gasteiger partial charge in [0.2, 0.25) is 0 Å². The third-order valence-corrected chi connectivity index (χ3v) is 3.96. The molecule has 1 aromatic carbocycles. The minimum atomic E-state index is -0.146. The first-order valence-corrected chi connectivity index (χ1v) is 7.39. The molecule has 19 heavy (non-hydrogen) atoms. The zero-order valence-corrected chi connectivity index (χ0v) is 11.9. The summed E-state index contributed by atoms with van der Waals surface area (Å²) in [7, 11) is 2.02. The van der Waals surface area contributed by atoms with Crippen LogP contribution in [0.25, 0.3) is 0 Å². The van der Waals surface area contributed by atoms with Crippen LogP contribution in [-0.4, -0.2) is 31.6 Å². The van der Waals surface area contributed by atoms with Crippen LogP contribution in [0.4, 0.5) is 4.39 Å². The lowest BCUT2D eigenvalue weighted by molar-refractivity contribution is 0.160. The molecule has 106 valence electrons. The van der Waals surface area contributed by atoms with Crippen molar-refractivity contribution < 1.29 is 4.39 Å². The molecule has 0 amide bonds. The van der Waals surface area contributed by atoms with Crippen molar-refractivity contribution >= 4 is 0 Å². The van der Waals surface area contributed by atoms with E-state index in [2.05, 4.69) is 10.2 Å². The Kier molecular flexibility index (Phi) is 5.80. The number of nitrogens with one attached hydrogen (secondary N) is 1. The Morgan fingerprint density at radius 1 is 1.32 bits per heavy atom. The molecule has 0 aliphatic carbocycles. The monoisotopic (exact) mass is 264 g/mol. The highest BCUT2D eigenvalue weighted by molar-refractivity contribution is 5.15. The van der Waals surface area contributed by atoms with Crippen LogP contribution in [0.2, 0.25) is 0 Å². The summed E-state index contributed by atoms with van der Waals surface area (Å²) in [5.41, 5.74) is 1.22. The Bertz CT molecular complexity index is 364. The van der Waals surface area contributed by atoms with Gasteiger partial charge in [-0.15, -0.1) is 0 Å². The van der Waals surface area contributed by atoms with E-state index in [4.69, 9.17) is 0 Å². The summed E-state index contributed by atoms with van der Waals surface area (Å²) >= 11 is 0. The molecule has 1 fully saturated rings. The van der Waals surface area contributed by atoms with E-state index in [9.17, 15) is 4.39 Å². The number of nitrogens with zero attached hydrogens (tertiary/aromatic N) is 1. The van der Waals surface area contributed by atoms with E-state index in [1.807, 2.05) is 19.2 Å². The van der Waals surface area contributed by atoms with Crippen LogP contribution in [0.3, 0.4) is 0 Å². The summed E-state index contributed by atoms with van der Waals surface area (Å²) in [6.07, 6.45) is 5.25. The van der Waals surface area contributed by atoms with Crippen LogP contribution in [0.15, 0.2) is 24.3 Å². The van der Waals surface area contributed by atoms with Gasteiger partial charge in [-0.25, -0.2) is 4.39 Å². The van der Waals surface area contributed by atoms with Crippen LogP contribution in [-0.2, 0) is 6.54 Å². The number of halogens is 1. The topological polar surface area (TPSA) is 15.3 Å². The lowest BCUT2D eigenvalue weighted by atomic mass is 9.93. The maximum Gasteiger partial charge on any atom is 0.123 e. The van der Waals surface area contributed by atoms with E-state index in [0.717, 1.165) is 19.0 Å². The summed E-state index contributed by atoms with van der Waals surface area (Å²) in [5, 5.41) is 3.21. The number of benzene rings is 1. The predicted octanol–water partition coefficient (Wildman–Crippen LogP) is 3.04. The highest BCUT2D eigenvalue weighted by Gasteiger charge is 2.19. The van der Waals surface area contributed by atoms with Crippen LogP contribution in [0.1, 0.15) is 31.2 Å². The lowest BCUT2D eigenvalue weighted by Gasteiger charge is -2.32. The molecule has 2 nitrogen and oxygen atoms in total. The molecule has 1 saturated heterocycles. The first-order chi connectivity index (χ1) is 9.28. The molecule has 1 heterocycles. The molecule has 0 aromatic heterocycles. The third kappa shape index (κ3) is 4.92. The maximum absolute atomic E-state index is 12.9. The summed E-state index contributed by atoms with van der Waals surface area (Å²) in [4.78, 5) is 2.51. The van der Waals surface area contributed by atoms with E-state index in [1.54, 1.807) is 12.1 Å². The quantitative estimate of drug-likeness (QED) is 0.795. The fourth-order valence-corrected chi connectivity index (χ4v) is 2.95. The number of hydrogen-bond acceptors (Lipinski definition) is 2. The van der Waals surface area contributed by atoms with Crippen LogP contribution >= 0.6 is 0 Å². The molecule has 0 spiro atoms. The van der Waals surface area contributed by atoms with Crippen molar-refractivity contribution in [3.8, 4) is 0 Å². The Hall–Kier alpha value is -0.930. The second-order valence-corrected chi connectivity index (χ2v) is 5.62. The van der Waals surface area contributed by atoms with E-state index in [0.29, 0.717) is 0 Å². The van der Waals surface area contributed by atoms with Crippen molar-refractivity contribution in [1.29, 1.82) is 0 Å². The molecule has 1 aromatic rings.